The zero-order valence-electron chi connectivity index (χ0n) is 19.5. The molecule has 6 nitrogen and oxygen atoms in total. The van der Waals surface area contributed by atoms with E-state index in [2.05, 4.69) is 28.6 Å². The summed E-state index contributed by atoms with van der Waals surface area (Å²) < 4.78 is 11.6. The van der Waals surface area contributed by atoms with Gasteiger partial charge in [0.15, 0.2) is 16.6 Å². The number of nitrogens with zero attached hydrogens (tertiary/aromatic N) is 1. The standard InChI is InChI=1S/C27H27N3O3S/c1-4-12-32-22-7-5-6-20(16-22)26(31)30-27(34)28-21-10-8-19(9-11-21)15-24-29-23-14-17(2)13-18(3)25(23)33-24/h5-11,13-14,16H,4,12,15H2,1-3H3,(H2,28,30,31,34). The lowest BCUT2D eigenvalue weighted by atomic mass is 10.1. The Hall–Kier alpha value is -3.71. The molecular weight excluding hydrogens is 446 g/mol. The largest absolute Gasteiger partial charge is 0.494 e. The molecule has 1 aromatic heterocycles. The molecule has 0 unspecified atom stereocenters. The molecule has 0 bridgehead atoms. The van der Waals surface area contributed by atoms with Crippen molar-refractivity contribution >= 4 is 40.0 Å². The number of carbonyl (C=O) groups excluding carboxylic acids is 1. The summed E-state index contributed by atoms with van der Waals surface area (Å²) in [6.45, 7) is 6.72. The van der Waals surface area contributed by atoms with Crippen molar-refractivity contribution < 1.29 is 13.9 Å². The number of rotatable bonds is 7. The van der Waals surface area contributed by atoms with Gasteiger partial charge in [-0.2, -0.15) is 0 Å². The number of aryl methyl sites for hydroxylation is 2. The molecule has 3 aromatic carbocycles. The van der Waals surface area contributed by atoms with Crippen LogP contribution in [0, 0.1) is 13.8 Å². The van der Waals surface area contributed by atoms with Gasteiger partial charge in [0.05, 0.1) is 6.61 Å². The van der Waals surface area contributed by atoms with Crippen LogP contribution in [-0.4, -0.2) is 22.6 Å². The van der Waals surface area contributed by atoms with Crippen molar-refractivity contribution in [2.45, 2.75) is 33.6 Å². The third-order valence-corrected chi connectivity index (χ3v) is 5.43. The quantitative estimate of drug-likeness (QED) is 0.323. The molecule has 0 fully saturated rings. The van der Waals surface area contributed by atoms with Gasteiger partial charge in [0.1, 0.15) is 11.3 Å². The zero-order chi connectivity index (χ0) is 24.1. The topological polar surface area (TPSA) is 76.4 Å². The van der Waals surface area contributed by atoms with Crippen LogP contribution < -0.4 is 15.4 Å². The Morgan fingerprint density at radius 3 is 2.65 bits per heavy atom. The Balaban J connectivity index is 1.35. The van der Waals surface area contributed by atoms with Crippen molar-refractivity contribution in [3.8, 4) is 5.75 Å². The summed E-state index contributed by atoms with van der Waals surface area (Å²) >= 11 is 5.31. The predicted octanol–water partition coefficient (Wildman–Crippen LogP) is 5.95. The van der Waals surface area contributed by atoms with Crippen LogP contribution in [0.1, 0.15) is 46.3 Å². The highest BCUT2D eigenvalue weighted by atomic mass is 32.1. The molecule has 0 aliphatic heterocycles. The highest BCUT2D eigenvalue weighted by molar-refractivity contribution is 7.80. The fourth-order valence-electron chi connectivity index (χ4n) is 3.66. The lowest BCUT2D eigenvalue weighted by molar-refractivity contribution is 0.0977. The number of ether oxygens (including phenoxy) is 1. The van der Waals surface area contributed by atoms with Crippen molar-refractivity contribution in [3.05, 3.63) is 88.8 Å². The number of amides is 1. The molecule has 174 valence electrons. The van der Waals surface area contributed by atoms with E-state index in [-0.39, 0.29) is 11.0 Å². The van der Waals surface area contributed by atoms with E-state index in [0.717, 1.165) is 34.3 Å². The first kappa shape index (κ1) is 23.4. The Labute approximate surface area is 204 Å². The number of aromatic nitrogens is 1. The molecule has 0 radical (unpaired) electrons. The summed E-state index contributed by atoms with van der Waals surface area (Å²) in [7, 11) is 0. The Morgan fingerprint density at radius 1 is 1.09 bits per heavy atom. The third kappa shape index (κ3) is 5.80. The number of carbonyl (C=O) groups is 1. The Morgan fingerprint density at radius 2 is 1.88 bits per heavy atom. The predicted molar refractivity (Wildman–Crippen MR) is 139 cm³/mol. The van der Waals surface area contributed by atoms with Gasteiger partial charge >= 0.3 is 0 Å². The highest BCUT2D eigenvalue weighted by Gasteiger charge is 2.11. The van der Waals surface area contributed by atoms with Gasteiger partial charge in [-0.25, -0.2) is 4.98 Å². The van der Waals surface area contributed by atoms with Crippen molar-refractivity contribution in [1.82, 2.24) is 10.3 Å². The zero-order valence-corrected chi connectivity index (χ0v) is 20.3. The fourth-order valence-corrected chi connectivity index (χ4v) is 3.87. The molecule has 4 aromatic rings. The van der Waals surface area contributed by atoms with Crippen LogP contribution in [0.15, 0.2) is 65.1 Å². The molecule has 0 aliphatic rings. The lowest BCUT2D eigenvalue weighted by Gasteiger charge is -2.11. The summed E-state index contributed by atoms with van der Waals surface area (Å²) in [5, 5.41) is 5.98. The number of nitrogens with one attached hydrogen (secondary N) is 2. The van der Waals surface area contributed by atoms with Crippen LogP contribution in [0.2, 0.25) is 0 Å². The summed E-state index contributed by atoms with van der Waals surface area (Å²) in [6.07, 6.45) is 1.49. The van der Waals surface area contributed by atoms with Crippen LogP contribution in [0.4, 0.5) is 5.69 Å². The molecule has 34 heavy (non-hydrogen) atoms. The minimum absolute atomic E-state index is 0.224. The van der Waals surface area contributed by atoms with E-state index in [1.807, 2.05) is 50.2 Å². The smallest absolute Gasteiger partial charge is 0.257 e. The maximum atomic E-state index is 12.5. The van der Waals surface area contributed by atoms with E-state index in [1.54, 1.807) is 18.2 Å². The molecule has 0 spiro atoms. The van der Waals surface area contributed by atoms with E-state index in [0.29, 0.717) is 30.2 Å². The van der Waals surface area contributed by atoms with Gasteiger partial charge in [-0.1, -0.05) is 31.2 Å². The lowest BCUT2D eigenvalue weighted by Crippen LogP contribution is -2.34. The first-order valence-electron chi connectivity index (χ1n) is 11.2. The van der Waals surface area contributed by atoms with Gasteiger partial charge in [0.25, 0.3) is 5.91 Å². The van der Waals surface area contributed by atoms with Crippen LogP contribution in [-0.2, 0) is 6.42 Å². The summed E-state index contributed by atoms with van der Waals surface area (Å²) in [5.41, 5.74) is 6.29. The van der Waals surface area contributed by atoms with Gasteiger partial charge in [0, 0.05) is 17.7 Å². The first-order valence-corrected chi connectivity index (χ1v) is 11.6. The number of thiocarbonyl (C=S) groups is 1. The van der Waals surface area contributed by atoms with E-state index < -0.39 is 0 Å². The monoisotopic (exact) mass is 473 g/mol. The molecule has 0 saturated heterocycles. The molecule has 0 aliphatic carbocycles. The Kier molecular flexibility index (Phi) is 7.23. The number of anilines is 1. The average molecular weight is 474 g/mol. The first-order chi connectivity index (χ1) is 16.4. The van der Waals surface area contributed by atoms with Gasteiger partial charge in [0.2, 0.25) is 0 Å². The highest BCUT2D eigenvalue weighted by Crippen LogP contribution is 2.23. The second-order valence-corrected chi connectivity index (χ2v) is 8.60. The van der Waals surface area contributed by atoms with Gasteiger partial charge in [-0.3, -0.25) is 10.1 Å². The van der Waals surface area contributed by atoms with Crippen LogP contribution in [0.25, 0.3) is 11.1 Å². The number of oxazole rings is 1. The second-order valence-electron chi connectivity index (χ2n) is 8.20. The van der Waals surface area contributed by atoms with Crippen LogP contribution >= 0.6 is 12.2 Å². The molecule has 4 rings (SSSR count). The number of hydrogen-bond donors (Lipinski definition) is 2. The van der Waals surface area contributed by atoms with E-state index in [4.69, 9.17) is 21.4 Å². The molecular formula is C27H27N3O3S. The van der Waals surface area contributed by atoms with Gasteiger partial charge < -0.3 is 14.5 Å². The van der Waals surface area contributed by atoms with Crippen LogP contribution in [0.3, 0.4) is 0 Å². The second kappa shape index (κ2) is 10.5. The fraction of sp³-hybridized carbons (Fsp3) is 0.222. The third-order valence-electron chi connectivity index (χ3n) is 5.23. The normalized spacial score (nSPS) is 10.8. The number of benzene rings is 3. The number of fused-ring (bicyclic) bond motifs is 1. The van der Waals surface area contributed by atoms with E-state index in [9.17, 15) is 4.79 Å². The maximum Gasteiger partial charge on any atom is 0.257 e. The SMILES string of the molecule is CCCOc1cccc(C(=O)NC(=S)Nc2ccc(Cc3nc4cc(C)cc(C)c4o3)cc2)c1. The van der Waals surface area contributed by atoms with E-state index >= 15 is 0 Å². The van der Waals surface area contributed by atoms with Crippen LogP contribution in [0.5, 0.6) is 5.75 Å². The minimum Gasteiger partial charge on any atom is -0.494 e. The van der Waals surface area contributed by atoms with Gasteiger partial charge in [-0.05, 0) is 85.6 Å². The van der Waals surface area contributed by atoms with Crippen molar-refractivity contribution in [3.63, 3.8) is 0 Å². The summed E-state index contributed by atoms with van der Waals surface area (Å²) in [4.78, 5) is 17.2. The molecule has 7 heteroatoms. The van der Waals surface area contributed by atoms with Crippen molar-refractivity contribution in [1.29, 1.82) is 0 Å². The van der Waals surface area contributed by atoms with Gasteiger partial charge in [-0.15, -0.1) is 0 Å². The molecule has 1 heterocycles. The minimum atomic E-state index is -0.294. The van der Waals surface area contributed by atoms with Crippen molar-refractivity contribution in [2.24, 2.45) is 0 Å². The summed E-state index contributed by atoms with van der Waals surface area (Å²) in [5.74, 6) is 1.04. The maximum absolute atomic E-state index is 12.5. The average Bonchev–Trinajstić information content (AvgIpc) is 3.21. The summed E-state index contributed by atoms with van der Waals surface area (Å²) in [6, 6.07) is 18.9. The number of hydrogen-bond acceptors (Lipinski definition) is 5. The Bertz CT molecular complexity index is 1330. The molecule has 0 atom stereocenters. The molecule has 0 saturated carbocycles. The van der Waals surface area contributed by atoms with Crippen molar-refractivity contribution in [2.75, 3.05) is 11.9 Å². The van der Waals surface area contributed by atoms with E-state index in [1.165, 1.54) is 5.56 Å². The molecule has 2 N–H and O–H groups in total. The molecule has 1 amide bonds.